The summed E-state index contributed by atoms with van der Waals surface area (Å²) in [5.74, 6) is 1.19. The van der Waals surface area contributed by atoms with Crippen LogP contribution in [0.1, 0.15) is 13.3 Å². The lowest BCUT2D eigenvalue weighted by atomic mass is 10.2. The Morgan fingerprint density at radius 3 is 2.40 bits per heavy atom. The summed E-state index contributed by atoms with van der Waals surface area (Å²) >= 11 is 1.76. The van der Waals surface area contributed by atoms with Crippen LogP contribution in [0.2, 0.25) is 0 Å². The minimum Gasteiger partial charge on any atom is -0.332 e. The van der Waals surface area contributed by atoms with Crippen LogP contribution in [-0.4, -0.2) is 59.8 Å². The summed E-state index contributed by atoms with van der Waals surface area (Å²) in [5.41, 5.74) is 0. The normalized spacial score (nSPS) is 17.5. The van der Waals surface area contributed by atoms with Crippen molar-refractivity contribution in [3.8, 4) is 0 Å². The third-order valence-electron chi connectivity index (χ3n) is 2.52. The van der Waals surface area contributed by atoms with Crippen LogP contribution in [0.5, 0.6) is 0 Å². The maximum Gasteiger partial charge on any atom is 0.242 e. The summed E-state index contributed by atoms with van der Waals surface area (Å²) in [5, 5.41) is 0. The molecule has 0 atom stereocenters. The second kappa shape index (κ2) is 6.00. The number of piperazine rings is 1. The minimum absolute atomic E-state index is 0.0706. The van der Waals surface area contributed by atoms with Crippen LogP contribution in [0.15, 0.2) is 0 Å². The van der Waals surface area contributed by atoms with Crippen LogP contribution in [-0.2, 0) is 9.59 Å². The Bertz CT molecular complexity index is 246. The van der Waals surface area contributed by atoms with Crippen LogP contribution < -0.4 is 0 Å². The molecule has 0 aromatic heterocycles. The van der Waals surface area contributed by atoms with E-state index in [1.807, 2.05) is 13.2 Å². The summed E-state index contributed by atoms with van der Waals surface area (Å²) in [6, 6.07) is 0. The molecule has 0 aromatic carbocycles. The molecule has 4 nitrogen and oxygen atoms in total. The number of rotatable bonds is 5. The van der Waals surface area contributed by atoms with Gasteiger partial charge in [-0.3, -0.25) is 9.59 Å². The van der Waals surface area contributed by atoms with Gasteiger partial charge in [0.1, 0.15) is 0 Å². The minimum atomic E-state index is 0.0706. The van der Waals surface area contributed by atoms with Gasteiger partial charge in [-0.1, -0.05) is 0 Å². The number of carbonyl (C=O) groups is 2. The van der Waals surface area contributed by atoms with E-state index in [4.69, 9.17) is 0 Å². The van der Waals surface area contributed by atoms with Crippen molar-refractivity contribution in [2.45, 2.75) is 13.3 Å². The van der Waals surface area contributed by atoms with Crippen LogP contribution in [0.3, 0.4) is 0 Å². The molecule has 1 aliphatic heterocycles. The van der Waals surface area contributed by atoms with E-state index in [9.17, 15) is 9.59 Å². The highest BCUT2D eigenvalue weighted by molar-refractivity contribution is 7.98. The zero-order valence-electron chi connectivity index (χ0n) is 9.36. The van der Waals surface area contributed by atoms with Gasteiger partial charge in [-0.25, -0.2) is 0 Å². The van der Waals surface area contributed by atoms with Crippen LogP contribution in [0.4, 0.5) is 0 Å². The van der Waals surface area contributed by atoms with Crippen molar-refractivity contribution in [2.24, 2.45) is 0 Å². The molecule has 0 unspecified atom stereocenters. The van der Waals surface area contributed by atoms with E-state index < -0.39 is 0 Å². The molecule has 1 saturated heterocycles. The lowest BCUT2D eigenvalue weighted by Crippen LogP contribution is -2.53. The molecular formula is C10H18N2O2S. The molecule has 0 bridgehead atoms. The van der Waals surface area contributed by atoms with Gasteiger partial charge in [-0.05, 0) is 25.4 Å². The van der Waals surface area contributed by atoms with E-state index >= 15 is 0 Å². The van der Waals surface area contributed by atoms with Crippen molar-refractivity contribution in [3.05, 3.63) is 0 Å². The molecule has 0 N–H and O–H groups in total. The van der Waals surface area contributed by atoms with E-state index in [0.717, 1.165) is 12.2 Å². The monoisotopic (exact) mass is 230 g/mol. The first-order chi connectivity index (χ1) is 7.19. The number of thioether (sulfide) groups is 1. The van der Waals surface area contributed by atoms with Gasteiger partial charge < -0.3 is 9.80 Å². The summed E-state index contributed by atoms with van der Waals surface area (Å²) in [6.45, 7) is 3.76. The Labute approximate surface area is 95.0 Å². The molecular weight excluding hydrogens is 212 g/mol. The summed E-state index contributed by atoms with van der Waals surface area (Å²) in [4.78, 5) is 26.4. The van der Waals surface area contributed by atoms with Crippen molar-refractivity contribution in [3.63, 3.8) is 0 Å². The fourth-order valence-electron chi connectivity index (χ4n) is 1.59. The molecule has 1 aliphatic rings. The van der Waals surface area contributed by atoms with Crippen molar-refractivity contribution in [2.75, 3.05) is 38.2 Å². The van der Waals surface area contributed by atoms with Crippen LogP contribution in [0, 0.1) is 0 Å². The van der Waals surface area contributed by atoms with E-state index in [0.29, 0.717) is 13.1 Å². The lowest BCUT2D eigenvalue weighted by Gasteiger charge is -2.33. The van der Waals surface area contributed by atoms with Crippen molar-refractivity contribution in [1.29, 1.82) is 0 Å². The van der Waals surface area contributed by atoms with Gasteiger partial charge in [0.25, 0.3) is 0 Å². The van der Waals surface area contributed by atoms with Gasteiger partial charge in [-0.15, -0.1) is 0 Å². The molecule has 0 radical (unpaired) electrons. The Hall–Kier alpha value is -0.710. The predicted molar refractivity (Wildman–Crippen MR) is 61.8 cm³/mol. The van der Waals surface area contributed by atoms with E-state index in [-0.39, 0.29) is 24.9 Å². The second-order valence-electron chi connectivity index (χ2n) is 3.57. The molecule has 0 aliphatic carbocycles. The van der Waals surface area contributed by atoms with Gasteiger partial charge in [0.2, 0.25) is 11.8 Å². The Morgan fingerprint density at radius 2 is 1.80 bits per heavy atom. The van der Waals surface area contributed by atoms with E-state index in [1.54, 1.807) is 21.6 Å². The van der Waals surface area contributed by atoms with Crippen LogP contribution in [0.25, 0.3) is 0 Å². The topological polar surface area (TPSA) is 40.6 Å². The molecule has 2 amide bonds. The molecule has 1 fully saturated rings. The number of carbonyl (C=O) groups excluding carboxylic acids is 2. The third-order valence-corrected chi connectivity index (χ3v) is 3.21. The van der Waals surface area contributed by atoms with Gasteiger partial charge in [0, 0.05) is 13.1 Å². The summed E-state index contributed by atoms with van der Waals surface area (Å²) in [6.07, 6.45) is 3.01. The molecule has 15 heavy (non-hydrogen) atoms. The number of hydrogen-bond donors (Lipinski definition) is 0. The number of likely N-dealkylation sites (N-methyl/N-ethyl adjacent to an activating group) is 1. The highest BCUT2D eigenvalue weighted by Gasteiger charge is 2.27. The maximum absolute atomic E-state index is 11.6. The van der Waals surface area contributed by atoms with Gasteiger partial charge in [0.15, 0.2) is 0 Å². The quantitative estimate of drug-likeness (QED) is 0.643. The van der Waals surface area contributed by atoms with E-state index in [2.05, 4.69) is 0 Å². The maximum atomic E-state index is 11.6. The molecule has 0 aromatic rings. The molecule has 86 valence electrons. The number of hydrogen-bond acceptors (Lipinski definition) is 3. The lowest BCUT2D eigenvalue weighted by molar-refractivity contribution is -0.149. The molecule has 5 heteroatoms. The first kappa shape index (κ1) is 12.4. The molecule has 0 saturated carbocycles. The molecule has 0 spiro atoms. The fraction of sp³-hybridized carbons (Fsp3) is 0.800. The van der Waals surface area contributed by atoms with Gasteiger partial charge in [0.05, 0.1) is 13.1 Å². The average molecular weight is 230 g/mol. The third kappa shape index (κ3) is 3.41. The highest BCUT2D eigenvalue weighted by Crippen LogP contribution is 2.06. The zero-order valence-corrected chi connectivity index (χ0v) is 10.2. The van der Waals surface area contributed by atoms with Gasteiger partial charge >= 0.3 is 0 Å². The average Bonchev–Trinajstić information content (AvgIpc) is 2.23. The fourth-order valence-corrected chi connectivity index (χ4v) is 2.01. The standard InChI is InChI=1S/C10H18N2O2S/c1-3-11-7-10(14)12(8-9(11)13)5-4-6-15-2/h3-8H2,1-2H3. The highest BCUT2D eigenvalue weighted by atomic mass is 32.2. The Morgan fingerprint density at radius 1 is 1.20 bits per heavy atom. The second-order valence-corrected chi connectivity index (χ2v) is 4.56. The summed E-state index contributed by atoms with van der Waals surface area (Å²) in [7, 11) is 0. The zero-order chi connectivity index (χ0) is 11.3. The smallest absolute Gasteiger partial charge is 0.242 e. The van der Waals surface area contributed by atoms with Crippen LogP contribution >= 0.6 is 11.8 Å². The number of amides is 2. The first-order valence-corrected chi connectivity index (χ1v) is 6.63. The SMILES string of the molecule is CCN1CC(=O)N(CCCSC)CC1=O. The Kier molecular flexibility index (Phi) is 4.94. The van der Waals surface area contributed by atoms with Gasteiger partial charge in [-0.2, -0.15) is 11.8 Å². The summed E-state index contributed by atoms with van der Waals surface area (Å²) < 4.78 is 0. The van der Waals surface area contributed by atoms with E-state index in [1.165, 1.54) is 0 Å². The Balaban J connectivity index is 2.41. The molecule has 1 heterocycles. The van der Waals surface area contributed by atoms with Crippen molar-refractivity contribution >= 4 is 23.6 Å². The predicted octanol–water partition coefficient (Wildman–Crippen LogP) is 0.430. The number of nitrogens with zero attached hydrogens (tertiary/aromatic N) is 2. The molecule has 1 rings (SSSR count). The largest absolute Gasteiger partial charge is 0.332 e. The van der Waals surface area contributed by atoms with Crippen molar-refractivity contribution in [1.82, 2.24) is 9.80 Å². The first-order valence-electron chi connectivity index (χ1n) is 5.23. The van der Waals surface area contributed by atoms with Crippen molar-refractivity contribution < 1.29 is 9.59 Å².